The minimum atomic E-state index is -0.378. The van der Waals surface area contributed by atoms with Crippen LogP contribution >= 0.6 is 0 Å². The maximum Gasteiger partial charge on any atom is 0.320 e. The van der Waals surface area contributed by atoms with Crippen LogP contribution in [0.4, 0.5) is 0 Å². The van der Waals surface area contributed by atoms with Crippen molar-refractivity contribution in [2.75, 3.05) is 0 Å². The first-order valence-electron chi connectivity index (χ1n) is 7.38. The van der Waals surface area contributed by atoms with Gasteiger partial charge in [0, 0.05) is 11.5 Å². The lowest BCUT2D eigenvalue weighted by Gasteiger charge is -2.13. The van der Waals surface area contributed by atoms with Crippen LogP contribution in [0, 0.1) is 6.92 Å². The van der Waals surface area contributed by atoms with E-state index in [9.17, 15) is 9.90 Å². The monoisotopic (exact) mass is 302 g/mol. The maximum absolute atomic E-state index is 12.8. The number of hydrogen-bond acceptors (Lipinski definition) is 2. The van der Waals surface area contributed by atoms with E-state index in [1.807, 2.05) is 55.6 Å². The lowest BCUT2D eigenvalue weighted by atomic mass is 10.1. The van der Waals surface area contributed by atoms with E-state index in [0.29, 0.717) is 10.9 Å². The van der Waals surface area contributed by atoms with Gasteiger partial charge in [-0.15, -0.1) is 0 Å². The molecular weight excluding hydrogens is 288 g/mol. The van der Waals surface area contributed by atoms with E-state index in [0.717, 1.165) is 16.3 Å². The standard InChI is InChI=1S/C19H14N2O2/c1-12-5-4-8-15-16(12)20-19(23)17(18(15)22)21-10-9-13-6-2-3-7-14(13)11-21/h2-11H,1H3,(H-,20,22,23). The molecule has 0 bridgehead atoms. The second-order valence-electron chi connectivity index (χ2n) is 5.61. The van der Waals surface area contributed by atoms with Gasteiger partial charge in [0.2, 0.25) is 0 Å². The Morgan fingerprint density at radius 2 is 1.78 bits per heavy atom. The molecule has 0 unspecified atom stereocenters. The summed E-state index contributed by atoms with van der Waals surface area (Å²) in [5.74, 6) is -0.257. The topological polar surface area (TPSA) is 59.8 Å². The Kier molecular flexibility index (Phi) is 2.91. The highest BCUT2D eigenvalue weighted by Gasteiger charge is 2.16. The number of benzene rings is 2. The van der Waals surface area contributed by atoms with Crippen LogP contribution in [-0.2, 0) is 0 Å². The Balaban J connectivity index is 2.06. The third kappa shape index (κ3) is 2.07. The Hall–Kier alpha value is -3.14. The van der Waals surface area contributed by atoms with Gasteiger partial charge in [0.15, 0.2) is 12.4 Å². The molecule has 0 radical (unpaired) electrons. The van der Waals surface area contributed by atoms with Crippen LogP contribution < -0.4 is 15.2 Å². The molecule has 0 aliphatic rings. The summed E-state index contributed by atoms with van der Waals surface area (Å²) in [6.45, 7) is 1.88. The minimum absolute atomic E-state index is 0.119. The van der Waals surface area contributed by atoms with Crippen molar-refractivity contribution in [1.29, 1.82) is 0 Å². The number of fused-ring (bicyclic) bond motifs is 2. The summed E-state index contributed by atoms with van der Waals surface area (Å²) in [6.07, 6.45) is 3.55. The van der Waals surface area contributed by atoms with Gasteiger partial charge in [-0.25, -0.2) is 0 Å². The lowest BCUT2D eigenvalue weighted by Crippen LogP contribution is -2.38. The summed E-state index contributed by atoms with van der Waals surface area (Å²) in [5.41, 5.74) is 1.23. The van der Waals surface area contributed by atoms with E-state index >= 15 is 0 Å². The quantitative estimate of drug-likeness (QED) is 0.549. The Morgan fingerprint density at radius 3 is 2.61 bits per heavy atom. The summed E-state index contributed by atoms with van der Waals surface area (Å²) in [7, 11) is 0. The molecule has 0 aliphatic carbocycles. The number of aryl methyl sites for hydroxylation is 1. The molecule has 112 valence electrons. The molecule has 2 aromatic heterocycles. The highest BCUT2D eigenvalue weighted by atomic mass is 16.3. The van der Waals surface area contributed by atoms with Crippen molar-refractivity contribution in [3.63, 3.8) is 0 Å². The second kappa shape index (κ2) is 4.95. The van der Waals surface area contributed by atoms with Crippen LogP contribution in [-0.4, -0.2) is 4.98 Å². The van der Waals surface area contributed by atoms with Gasteiger partial charge < -0.3 is 10.1 Å². The van der Waals surface area contributed by atoms with Crippen molar-refractivity contribution >= 4 is 21.7 Å². The third-order valence-corrected chi connectivity index (χ3v) is 4.13. The zero-order valence-corrected chi connectivity index (χ0v) is 12.5. The summed E-state index contributed by atoms with van der Waals surface area (Å²) >= 11 is 0. The van der Waals surface area contributed by atoms with Crippen LogP contribution in [0.15, 0.2) is 65.7 Å². The van der Waals surface area contributed by atoms with E-state index < -0.39 is 0 Å². The molecule has 4 nitrogen and oxygen atoms in total. The number of para-hydroxylation sites is 1. The first kappa shape index (κ1) is 13.5. The molecular formula is C19H14N2O2. The number of hydrogen-bond donors (Lipinski definition) is 1. The predicted molar refractivity (Wildman–Crippen MR) is 87.8 cm³/mol. The van der Waals surface area contributed by atoms with Crippen LogP contribution in [0.2, 0.25) is 0 Å². The normalized spacial score (nSPS) is 11.2. The number of aromatic amines is 1. The van der Waals surface area contributed by atoms with E-state index in [-0.39, 0.29) is 17.0 Å². The Labute approximate surface area is 132 Å². The van der Waals surface area contributed by atoms with Crippen LogP contribution in [0.5, 0.6) is 5.75 Å². The molecule has 0 amide bonds. The van der Waals surface area contributed by atoms with Crippen LogP contribution in [0.3, 0.4) is 0 Å². The average Bonchev–Trinajstić information content (AvgIpc) is 2.56. The van der Waals surface area contributed by atoms with Gasteiger partial charge >= 0.3 is 5.56 Å². The molecule has 23 heavy (non-hydrogen) atoms. The predicted octanol–water partition coefficient (Wildman–Crippen LogP) is 2.34. The number of nitrogens with one attached hydrogen (secondary N) is 1. The van der Waals surface area contributed by atoms with Crippen molar-refractivity contribution in [2.45, 2.75) is 6.92 Å². The third-order valence-electron chi connectivity index (χ3n) is 4.13. The SMILES string of the molecule is Cc1cccc2c([O-])c(-[n+]3ccc4ccccc4c3)c(=O)[nH]c12. The highest BCUT2D eigenvalue weighted by Crippen LogP contribution is 2.24. The van der Waals surface area contributed by atoms with Crippen molar-refractivity contribution in [1.82, 2.24) is 4.98 Å². The summed E-state index contributed by atoms with van der Waals surface area (Å²) in [4.78, 5) is 15.3. The smallest absolute Gasteiger partial charge is 0.320 e. The van der Waals surface area contributed by atoms with Crippen LogP contribution in [0.25, 0.3) is 27.4 Å². The molecule has 0 saturated heterocycles. The fourth-order valence-electron chi connectivity index (χ4n) is 2.93. The number of rotatable bonds is 1. The van der Waals surface area contributed by atoms with Gasteiger partial charge in [-0.2, -0.15) is 4.57 Å². The minimum Gasteiger partial charge on any atom is -0.867 e. The number of aromatic nitrogens is 2. The molecule has 0 saturated carbocycles. The zero-order valence-electron chi connectivity index (χ0n) is 12.5. The molecule has 4 rings (SSSR count). The molecule has 4 heteroatoms. The maximum atomic E-state index is 12.8. The second-order valence-corrected chi connectivity index (χ2v) is 5.61. The highest BCUT2D eigenvalue weighted by molar-refractivity contribution is 5.89. The van der Waals surface area contributed by atoms with E-state index in [4.69, 9.17) is 0 Å². The summed E-state index contributed by atoms with van der Waals surface area (Å²) in [6, 6.07) is 15.2. The first-order valence-corrected chi connectivity index (χ1v) is 7.38. The Morgan fingerprint density at radius 1 is 1.00 bits per heavy atom. The average molecular weight is 302 g/mol. The molecule has 0 aliphatic heterocycles. The fourth-order valence-corrected chi connectivity index (χ4v) is 2.93. The van der Waals surface area contributed by atoms with Crippen molar-refractivity contribution in [2.24, 2.45) is 0 Å². The Bertz CT molecular complexity index is 1110. The molecule has 0 spiro atoms. The van der Waals surface area contributed by atoms with Gasteiger partial charge in [0.05, 0.1) is 5.52 Å². The molecule has 1 N–H and O–H groups in total. The molecule has 4 aromatic rings. The number of pyridine rings is 2. The fraction of sp³-hybridized carbons (Fsp3) is 0.0526. The molecule has 0 fully saturated rings. The summed E-state index contributed by atoms with van der Waals surface area (Å²) in [5, 5.41) is 15.4. The van der Waals surface area contributed by atoms with E-state index in [1.54, 1.807) is 16.8 Å². The van der Waals surface area contributed by atoms with Gasteiger partial charge in [0.1, 0.15) is 0 Å². The first-order chi connectivity index (χ1) is 11.1. The van der Waals surface area contributed by atoms with Gasteiger partial charge in [-0.05, 0) is 35.1 Å². The van der Waals surface area contributed by atoms with Crippen molar-refractivity contribution in [3.05, 3.63) is 76.8 Å². The lowest BCUT2D eigenvalue weighted by molar-refractivity contribution is -0.599. The number of H-pyrrole nitrogens is 1. The zero-order chi connectivity index (χ0) is 16.0. The van der Waals surface area contributed by atoms with E-state index in [2.05, 4.69) is 4.98 Å². The largest absolute Gasteiger partial charge is 0.867 e. The molecule has 0 atom stereocenters. The molecule has 2 heterocycles. The number of nitrogens with zero attached hydrogens (tertiary/aromatic N) is 1. The van der Waals surface area contributed by atoms with Gasteiger partial charge in [0.25, 0.3) is 5.69 Å². The van der Waals surface area contributed by atoms with Gasteiger partial charge in [-0.1, -0.05) is 36.4 Å². The van der Waals surface area contributed by atoms with Gasteiger partial charge in [-0.3, -0.25) is 4.79 Å². The molecule has 2 aromatic carbocycles. The van der Waals surface area contributed by atoms with Crippen molar-refractivity contribution in [3.8, 4) is 11.4 Å². The van der Waals surface area contributed by atoms with Crippen LogP contribution in [0.1, 0.15) is 5.56 Å². The van der Waals surface area contributed by atoms with Crippen molar-refractivity contribution < 1.29 is 9.67 Å². The summed E-state index contributed by atoms with van der Waals surface area (Å²) < 4.78 is 1.60. The van der Waals surface area contributed by atoms with E-state index in [1.165, 1.54) is 0 Å².